The highest BCUT2D eigenvalue weighted by Gasteiger charge is 2.64. The second kappa shape index (κ2) is 9.55. The molecule has 0 unspecified atom stereocenters. The highest BCUT2D eigenvalue weighted by Crippen LogP contribution is 2.56. The first-order valence-corrected chi connectivity index (χ1v) is 14.6. The van der Waals surface area contributed by atoms with Gasteiger partial charge in [-0.2, -0.15) is 0 Å². The zero-order valence-corrected chi connectivity index (χ0v) is 24.5. The van der Waals surface area contributed by atoms with E-state index in [0.29, 0.717) is 29.1 Å². The van der Waals surface area contributed by atoms with E-state index >= 15 is 0 Å². The Kier molecular flexibility index (Phi) is 6.53. The summed E-state index contributed by atoms with van der Waals surface area (Å²) in [6, 6.07) is 1.15. The molecule has 11 nitrogen and oxygen atoms in total. The Bertz CT molecular complexity index is 1470. The number of nitrogens with one attached hydrogen (secondary N) is 1. The Morgan fingerprint density at radius 1 is 1.12 bits per heavy atom. The number of benzene rings is 1. The van der Waals surface area contributed by atoms with Crippen molar-refractivity contribution in [1.29, 1.82) is 0 Å². The van der Waals surface area contributed by atoms with Gasteiger partial charge in [0.2, 0.25) is 5.78 Å². The van der Waals surface area contributed by atoms with Gasteiger partial charge in [0.15, 0.2) is 11.4 Å². The van der Waals surface area contributed by atoms with Crippen molar-refractivity contribution in [2.45, 2.75) is 69.2 Å². The Labute approximate surface area is 244 Å². The van der Waals surface area contributed by atoms with E-state index in [-0.39, 0.29) is 29.7 Å². The van der Waals surface area contributed by atoms with E-state index < -0.39 is 58.0 Å². The lowest BCUT2D eigenvalue weighted by Gasteiger charge is -2.54. The minimum atomic E-state index is -2.65. The molecule has 4 atom stereocenters. The van der Waals surface area contributed by atoms with E-state index in [2.05, 4.69) is 5.32 Å². The molecule has 1 aromatic carbocycles. The van der Waals surface area contributed by atoms with Gasteiger partial charge in [0.25, 0.3) is 5.91 Å². The zero-order valence-electron chi connectivity index (χ0n) is 24.5. The maximum absolute atomic E-state index is 14.1. The van der Waals surface area contributed by atoms with Crippen molar-refractivity contribution in [2.75, 3.05) is 33.1 Å². The van der Waals surface area contributed by atoms with Crippen LogP contribution in [-0.2, 0) is 27.3 Å². The number of nitrogens with zero attached hydrogens (tertiary/aromatic N) is 2. The normalized spacial score (nSPS) is 30.1. The number of aromatic hydroxyl groups is 1. The summed E-state index contributed by atoms with van der Waals surface area (Å²) in [5.74, 6) is -6.42. The quantitative estimate of drug-likeness (QED) is 0.270. The minimum absolute atomic E-state index is 0.0616. The molecule has 7 N–H and O–H groups in total. The van der Waals surface area contributed by atoms with E-state index in [4.69, 9.17) is 5.73 Å². The van der Waals surface area contributed by atoms with E-state index in [1.807, 2.05) is 25.1 Å². The summed E-state index contributed by atoms with van der Waals surface area (Å²) in [4.78, 5) is 43.0. The van der Waals surface area contributed by atoms with Gasteiger partial charge in [-0.1, -0.05) is 6.42 Å². The molecule has 3 fully saturated rings. The molecule has 3 saturated carbocycles. The van der Waals surface area contributed by atoms with Crippen LogP contribution in [0.3, 0.4) is 0 Å². The van der Waals surface area contributed by atoms with E-state index in [9.17, 15) is 34.8 Å². The molecule has 11 heteroatoms. The molecule has 0 aromatic heterocycles. The van der Waals surface area contributed by atoms with Crippen LogP contribution in [0.5, 0.6) is 5.75 Å². The molecule has 1 spiro atoms. The van der Waals surface area contributed by atoms with Crippen LogP contribution in [0.1, 0.15) is 55.2 Å². The average Bonchev–Trinajstić information content (AvgIpc) is 2.84. The van der Waals surface area contributed by atoms with E-state index in [1.54, 1.807) is 14.1 Å². The maximum Gasteiger partial charge on any atom is 0.255 e. The predicted octanol–water partition coefficient (Wildman–Crippen LogP) is 1.45. The molecule has 0 heterocycles. The Balaban J connectivity index is 1.43. The predicted molar refractivity (Wildman–Crippen MR) is 155 cm³/mol. The lowest BCUT2D eigenvalue weighted by atomic mass is 9.54. The molecule has 226 valence electrons. The lowest BCUT2D eigenvalue weighted by molar-refractivity contribution is -0.153. The lowest BCUT2D eigenvalue weighted by Crippen LogP contribution is -2.65. The van der Waals surface area contributed by atoms with Gasteiger partial charge in [0, 0.05) is 49.4 Å². The molecule has 1 aromatic rings. The van der Waals surface area contributed by atoms with Crippen molar-refractivity contribution in [3.8, 4) is 5.75 Å². The number of Topliss-reactive ketones (excluding diaryl/α,β-unsaturated/α-hetero) is 2. The summed E-state index contributed by atoms with van der Waals surface area (Å²) in [6.07, 6.45) is 6.40. The van der Waals surface area contributed by atoms with Crippen LogP contribution in [0, 0.1) is 17.3 Å². The number of fused-ring (bicyclic) bond motifs is 3. The first-order chi connectivity index (χ1) is 19.7. The molecule has 0 aliphatic heterocycles. The molecular weight excluding hydrogens is 540 g/mol. The van der Waals surface area contributed by atoms with E-state index in [1.165, 1.54) is 24.2 Å². The van der Waals surface area contributed by atoms with Gasteiger partial charge in [0.1, 0.15) is 22.8 Å². The SMILES string of the molecule is CN(C)c1cc(CNC2CC3(CCC3)C2)c(O)c2c1C[C@H]1C[C@H]3[C@H](N(C)C)C(=O)C(C(N)=O)=C(O)[C@@]3(O)C(=O)C1=C2O. The van der Waals surface area contributed by atoms with Crippen molar-refractivity contribution < 1.29 is 34.8 Å². The fourth-order valence-electron chi connectivity index (χ4n) is 8.35. The molecule has 1 amide bonds. The standard InChI is InChI=1S/C31H40N4O7/c1-34(2)19-10-15(13-33-16-11-30(12-16)6-5-7-30)24(36)21-17(19)8-14-9-18-23(35(3)4)26(38)22(29(32)41)28(40)31(18,42)27(39)20(14)25(21)37/h10,14,16,18,23,33,36-37,40,42H,5-9,11-13H2,1-4H3,(H2,32,41)/t14-,18-,23-,31-/m0/s1. The van der Waals surface area contributed by atoms with Crippen LogP contribution in [0.25, 0.3) is 5.76 Å². The van der Waals surface area contributed by atoms with Crippen LogP contribution in [0.2, 0.25) is 0 Å². The van der Waals surface area contributed by atoms with Crippen molar-refractivity contribution in [2.24, 2.45) is 23.0 Å². The molecular formula is C31H40N4O7. The third-order valence-corrected chi connectivity index (χ3v) is 10.6. The fraction of sp³-hybridized carbons (Fsp3) is 0.581. The number of likely N-dealkylation sites (N-methyl/N-ethyl adjacent to an activating group) is 1. The van der Waals surface area contributed by atoms with Crippen LogP contribution >= 0.6 is 0 Å². The summed E-state index contributed by atoms with van der Waals surface area (Å²) in [5.41, 5.74) is 4.43. The van der Waals surface area contributed by atoms with Crippen LogP contribution in [0.15, 0.2) is 23.0 Å². The molecule has 42 heavy (non-hydrogen) atoms. The molecule has 0 saturated heterocycles. The van der Waals surface area contributed by atoms with Gasteiger partial charge in [0.05, 0.1) is 11.6 Å². The fourth-order valence-corrected chi connectivity index (χ4v) is 8.35. The first kappa shape index (κ1) is 28.7. The number of carbonyl (C=O) groups excluding carboxylic acids is 3. The maximum atomic E-state index is 14.1. The molecule has 6 rings (SSSR count). The van der Waals surface area contributed by atoms with Crippen molar-refractivity contribution in [3.05, 3.63) is 39.7 Å². The first-order valence-electron chi connectivity index (χ1n) is 14.6. The second-order valence-electron chi connectivity index (χ2n) is 13.5. The largest absolute Gasteiger partial charge is 0.508 e. The number of phenolic OH excluding ortho intramolecular Hbond substituents is 1. The number of phenols is 1. The number of aliphatic hydroxyl groups is 3. The number of ketones is 2. The van der Waals surface area contributed by atoms with Crippen molar-refractivity contribution in [3.63, 3.8) is 0 Å². The van der Waals surface area contributed by atoms with Crippen molar-refractivity contribution >= 4 is 28.9 Å². The number of aliphatic hydroxyl groups excluding tert-OH is 2. The van der Waals surface area contributed by atoms with Gasteiger partial charge in [-0.3, -0.25) is 19.3 Å². The summed E-state index contributed by atoms with van der Waals surface area (Å²) in [6.45, 7) is 0.380. The average molecular weight is 581 g/mol. The smallest absolute Gasteiger partial charge is 0.255 e. The van der Waals surface area contributed by atoms with Gasteiger partial charge in [-0.05, 0) is 75.6 Å². The third kappa shape index (κ3) is 3.86. The van der Waals surface area contributed by atoms with Gasteiger partial charge < -0.3 is 36.4 Å². The Morgan fingerprint density at radius 3 is 2.33 bits per heavy atom. The molecule has 0 bridgehead atoms. The number of anilines is 1. The monoisotopic (exact) mass is 580 g/mol. The summed E-state index contributed by atoms with van der Waals surface area (Å²) >= 11 is 0. The molecule has 5 aliphatic carbocycles. The highest BCUT2D eigenvalue weighted by molar-refractivity contribution is 6.24. The number of carbonyl (C=O) groups is 3. The van der Waals surface area contributed by atoms with Crippen molar-refractivity contribution in [1.82, 2.24) is 10.2 Å². The summed E-state index contributed by atoms with van der Waals surface area (Å²) in [5, 5.41) is 49.5. The molecule has 5 aliphatic rings. The number of primary amides is 1. The van der Waals surface area contributed by atoms with Gasteiger partial charge >= 0.3 is 0 Å². The zero-order chi connectivity index (χ0) is 30.5. The minimum Gasteiger partial charge on any atom is -0.508 e. The van der Waals surface area contributed by atoms with Crippen LogP contribution in [-0.4, -0.2) is 88.7 Å². The second-order valence-corrected chi connectivity index (χ2v) is 13.5. The summed E-state index contributed by atoms with van der Waals surface area (Å²) < 4.78 is 0. The van der Waals surface area contributed by atoms with Gasteiger partial charge in [-0.25, -0.2) is 0 Å². The van der Waals surface area contributed by atoms with Crippen LogP contribution in [0.4, 0.5) is 5.69 Å². The summed E-state index contributed by atoms with van der Waals surface area (Å²) in [7, 11) is 6.90. The number of amides is 1. The third-order valence-electron chi connectivity index (χ3n) is 10.6. The topological polar surface area (TPSA) is 177 Å². The number of hydrogen-bond donors (Lipinski definition) is 6. The number of nitrogens with two attached hydrogens (primary N) is 1. The number of rotatable bonds is 6. The Hall–Kier alpha value is -3.41. The van der Waals surface area contributed by atoms with E-state index in [0.717, 1.165) is 18.5 Å². The van der Waals surface area contributed by atoms with Gasteiger partial charge in [-0.15, -0.1) is 0 Å². The number of hydrogen-bond acceptors (Lipinski definition) is 10. The Morgan fingerprint density at radius 2 is 1.79 bits per heavy atom. The molecule has 0 radical (unpaired) electrons. The highest BCUT2D eigenvalue weighted by atomic mass is 16.3. The van der Waals surface area contributed by atoms with Crippen LogP contribution < -0.4 is 16.0 Å².